The lowest BCUT2D eigenvalue weighted by atomic mass is 10.1. The van der Waals surface area contributed by atoms with Gasteiger partial charge in [-0.05, 0) is 51.7 Å². The van der Waals surface area contributed by atoms with E-state index >= 15 is 0 Å². The van der Waals surface area contributed by atoms with Gasteiger partial charge in [0.2, 0.25) is 0 Å². The van der Waals surface area contributed by atoms with Gasteiger partial charge in [0.05, 0.1) is 0 Å². The first-order valence-electron chi connectivity index (χ1n) is 5.70. The maximum Gasteiger partial charge on any atom is 0.251 e. The topological polar surface area (TPSA) is 32.3 Å². The average Bonchev–Trinajstić information content (AvgIpc) is 2.27. The third-order valence-corrected chi connectivity index (χ3v) is 3.01. The summed E-state index contributed by atoms with van der Waals surface area (Å²) >= 11 is 3.38. The maximum absolute atomic E-state index is 11.9. The Kier molecular flexibility index (Phi) is 5.65. The van der Waals surface area contributed by atoms with Crippen LogP contribution in [0.1, 0.15) is 22.3 Å². The largest absolute Gasteiger partial charge is 0.352 e. The molecule has 17 heavy (non-hydrogen) atoms. The summed E-state index contributed by atoms with van der Waals surface area (Å²) in [5.41, 5.74) is 1.74. The molecule has 0 saturated carbocycles. The zero-order valence-electron chi connectivity index (χ0n) is 10.6. The lowest BCUT2D eigenvalue weighted by Crippen LogP contribution is -2.27. The second-order valence-corrected chi connectivity index (χ2v) is 5.29. The van der Waals surface area contributed by atoms with Gasteiger partial charge in [0.15, 0.2) is 0 Å². The molecule has 0 atom stereocenters. The van der Waals surface area contributed by atoms with Gasteiger partial charge in [-0.1, -0.05) is 22.0 Å². The average molecular weight is 299 g/mol. The number of halogens is 1. The highest BCUT2D eigenvalue weighted by Crippen LogP contribution is 2.15. The summed E-state index contributed by atoms with van der Waals surface area (Å²) in [6.45, 7) is 3.64. The maximum atomic E-state index is 11.9. The Balaban J connectivity index is 2.49. The van der Waals surface area contributed by atoms with Crippen molar-refractivity contribution < 1.29 is 4.79 Å². The predicted octanol–water partition coefficient (Wildman–Crippen LogP) is 2.44. The highest BCUT2D eigenvalue weighted by atomic mass is 79.9. The minimum atomic E-state index is 0.00237. The Labute approximate surface area is 111 Å². The van der Waals surface area contributed by atoms with E-state index in [1.165, 1.54) is 0 Å². The Morgan fingerprint density at radius 2 is 2.12 bits per heavy atom. The summed E-state index contributed by atoms with van der Waals surface area (Å²) in [7, 11) is 4.06. The summed E-state index contributed by atoms with van der Waals surface area (Å²) in [6.07, 6.45) is 0.964. The number of aryl methyl sites for hydroxylation is 1. The van der Waals surface area contributed by atoms with Crippen LogP contribution in [0.4, 0.5) is 0 Å². The van der Waals surface area contributed by atoms with Crippen LogP contribution in [-0.2, 0) is 0 Å². The second kappa shape index (κ2) is 6.77. The van der Waals surface area contributed by atoms with E-state index < -0.39 is 0 Å². The van der Waals surface area contributed by atoms with Crippen molar-refractivity contribution in [1.82, 2.24) is 10.2 Å². The monoisotopic (exact) mass is 298 g/mol. The number of carbonyl (C=O) groups excluding carboxylic acids is 1. The lowest BCUT2D eigenvalue weighted by molar-refractivity contribution is 0.0951. The molecule has 0 radical (unpaired) electrons. The minimum Gasteiger partial charge on any atom is -0.352 e. The fraction of sp³-hybridized carbons (Fsp3) is 0.462. The van der Waals surface area contributed by atoms with Crippen molar-refractivity contribution in [3.63, 3.8) is 0 Å². The molecule has 1 aromatic carbocycles. The molecule has 1 amide bonds. The predicted molar refractivity (Wildman–Crippen MR) is 74.4 cm³/mol. The van der Waals surface area contributed by atoms with Crippen molar-refractivity contribution in [2.45, 2.75) is 13.3 Å². The van der Waals surface area contributed by atoms with E-state index in [1.807, 2.05) is 39.2 Å². The van der Waals surface area contributed by atoms with Gasteiger partial charge in [0.25, 0.3) is 5.91 Å². The summed E-state index contributed by atoms with van der Waals surface area (Å²) in [4.78, 5) is 14.0. The van der Waals surface area contributed by atoms with Gasteiger partial charge in [-0.15, -0.1) is 0 Å². The highest BCUT2D eigenvalue weighted by molar-refractivity contribution is 9.10. The van der Waals surface area contributed by atoms with Crippen molar-refractivity contribution in [3.05, 3.63) is 33.8 Å². The van der Waals surface area contributed by atoms with Crippen LogP contribution in [0.25, 0.3) is 0 Å². The summed E-state index contributed by atoms with van der Waals surface area (Å²) in [5, 5.41) is 2.94. The van der Waals surface area contributed by atoms with Crippen LogP contribution < -0.4 is 5.32 Å². The van der Waals surface area contributed by atoms with Gasteiger partial charge in [-0.25, -0.2) is 0 Å². The van der Waals surface area contributed by atoms with Gasteiger partial charge >= 0.3 is 0 Å². The molecule has 4 heteroatoms. The number of carbonyl (C=O) groups is 1. The number of rotatable bonds is 5. The molecule has 0 saturated heterocycles. The standard InChI is InChI=1S/C13H19BrN2O/c1-10-5-6-11(14)9-12(10)13(17)15-7-4-8-16(2)3/h5-6,9H,4,7-8H2,1-3H3,(H,15,17). The fourth-order valence-corrected chi connectivity index (χ4v) is 1.89. The molecule has 0 aromatic heterocycles. The Hall–Kier alpha value is -0.870. The summed E-state index contributed by atoms with van der Waals surface area (Å²) in [5.74, 6) is 0.00237. The molecule has 94 valence electrons. The quantitative estimate of drug-likeness (QED) is 0.847. The van der Waals surface area contributed by atoms with E-state index in [-0.39, 0.29) is 5.91 Å². The first-order chi connectivity index (χ1) is 8.00. The van der Waals surface area contributed by atoms with E-state index in [9.17, 15) is 4.79 Å². The summed E-state index contributed by atoms with van der Waals surface area (Å²) < 4.78 is 0.932. The van der Waals surface area contributed by atoms with Crippen LogP contribution >= 0.6 is 15.9 Å². The smallest absolute Gasteiger partial charge is 0.251 e. The van der Waals surface area contributed by atoms with Gasteiger partial charge < -0.3 is 10.2 Å². The highest BCUT2D eigenvalue weighted by Gasteiger charge is 2.08. The van der Waals surface area contributed by atoms with Crippen LogP contribution in [0.3, 0.4) is 0 Å². The first-order valence-corrected chi connectivity index (χ1v) is 6.49. The number of nitrogens with zero attached hydrogens (tertiary/aromatic N) is 1. The van der Waals surface area contributed by atoms with Crippen LogP contribution in [0.5, 0.6) is 0 Å². The molecule has 0 unspecified atom stereocenters. The van der Waals surface area contributed by atoms with Crippen molar-refractivity contribution in [3.8, 4) is 0 Å². The summed E-state index contributed by atoms with van der Waals surface area (Å²) in [6, 6.07) is 5.74. The molecule has 1 rings (SSSR count). The lowest BCUT2D eigenvalue weighted by Gasteiger charge is -2.11. The van der Waals surface area contributed by atoms with Gasteiger partial charge in [-0.3, -0.25) is 4.79 Å². The SMILES string of the molecule is Cc1ccc(Br)cc1C(=O)NCCCN(C)C. The molecule has 3 nitrogen and oxygen atoms in total. The van der Waals surface area contributed by atoms with Crippen LogP contribution in [0.15, 0.2) is 22.7 Å². The van der Waals surface area contributed by atoms with E-state index in [0.29, 0.717) is 6.54 Å². The molecule has 0 heterocycles. The van der Waals surface area contributed by atoms with E-state index in [2.05, 4.69) is 26.1 Å². The molecule has 1 N–H and O–H groups in total. The molecule has 0 bridgehead atoms. The number of hydrogen-bond donors (Lipinski definition) is 1. The first kappa shape index (κ1) is 14.2. The zero-order valence-corrected chi connectivity index (χ0v) is 12.2. The Morgan fingerprint density at radius 3 is 2.76 bits per heavy atom. The molecule has 1 aromatic rings. The minimum absolute atomic E-state index is 0.00237. The molecule has 0 aliphatic carbocycles. The Morgan fingerprint density at radius 1 is 1.41 bits per heavy atom. The number of amides is 1. The number of hydrogen-bond acceptors (Lipinski definition) is 2. The van der Waals surface area contributed by atoms with Crippen molar-refractivity contribution in [2.75, 3.05) is 27.2 Å². The van der Waals surface area contributed by atoms with Crippen molar-refractivity contribution >= 4 is 21.8 Å². The van der Waals surface area contributed by atoms with Crippen LogP contribution in [0, 0.1) is 6.92 Å². The zero-order chi connectivity index (χ0) is 12.8. The van der Waals surface area contributed by atoms with Crippen LogP contribution in [-0.4, -0.2) is 38.0 Å². The normalized spacial score (nSPS) is 10.6. The van der Waals surface area contributed by atoms with Gasteiger partial charge in [-0.2, -0.15) is 0 Å². The molecule has 0 aliphatic heterocycles. The number of benzene rings is 1. The molecular weight excluding hydrogens is 280 g/mol. The van der Waals surface area contributed by atoms with Crippen LogP contribution in [0.2, 0.25) is 0 Å². The van der Waals surface area contributed by atoms with Gasteiger partial charge in [0, 0.05) is 16.6 Å². The third-order valence-electron chi connectivity index (χ3n) is 2.51. The fourth-order valence-electron chi connectivity index (χ4n) is 1.53. The Bertz CT molecular complexity index is 391. The third kappa shape index (κ3) is 4.88. The van der Waals surface area contributed by atoms with Gasteiger partial charge in [0.1, 0.15) is 0 Å². The van der Waals surface area contributed by atoms with E-state index in [1.54, 1.807) is 0 Å². The van der Waals surface area contributed by atoms with E-state index in [0.717, 1.165) is 28.6 Å². The van der Waals surface area contributed by atoms with Crippen molar-refractivity contribution in [2.24, 2.45) is 0 Å². The molecule has 0 fully saturated rings. The number of nitrogens with one attached hydrogen (secondary N) is 1. The molecular formula is C13H19BrN2O. The second-order valence-electron chi connectivity index (χ2n) is 4.37. The van der Waals surface area contributed by atoms with Crippen molar-refractivity contribution in [1.29, 1.82) is 0 Å². The molecule has 0 aliphatic rings. The van der Waals surface area contributed by atoms with E-state index in [4.69, 9.17) is 0 Å². The molecule has 0 spiro atoms.